The largest absolute Gasteiger partial charge is 0.503 e. The van der Waals surface area contributed by atoms with Crippen molar-refractivity contribution in [3.05, 3.63) is 29.5 Å². The monoisotopic (exact) mass is 238 g/mol. The number of aliphatic hydroxyl groups is 1. The van der Waals surface area contributed by atoms with Gasteiger partial charge < -0.3 is 14.6 Å². The molecule has 0 bridgehead atoms. The lowest BCUT2D eigenvalue weighted by atomic mass is 10.1. The fourth-order valence-electron chi connectivity index (χ4n) is 1.31. The maximum Gasteiger partial charge on any atom is 0.341 e. The van der Waals surface area contributed by atoms with E-state index in [0.717, 1.165) is 0 Å². The molecule has 0 aliphatic rings. The Hall–Kier alpha value is -1.95. The van der Waals surface area contributed by atoms with Crippen LogP contribution >= 0.6 is 0 Å². The number of hydrogen-bond donors (Lipinski definition) is 1. The molecule has 1 heterocycles. The summed E-state index contributed by atoms with van der Waals surface area (Å²) in [5.74, 6) is -0.0616. The SMILES string of the molecule is CO/C=C(\C(=O)OC)c1cnc(C)nc1CO. The molecular formula is C11H14N2O4. The quantitative estimate of drug-likeness (QED) is 0.465. The van der Waals surface area contributed by atoms with E-state index >= 15 is 0 Å². The van der Waals surface area contributed by atoms with Gasteiger partial charge in [0.1, 0.15) is 11.4 Å². The van der Waals surface area contributed by atoms with Gasteiger partial charge in [0, 0.05) is 11.8 Å². The van der Waals surface area contributed by atoms with Crippen LogP contribution in [0.3, 0.4) is 0 Å². The number of rotatable bonds is 4. The minimum absolute atomic E-state index is 0.166. The van der Waals surface area contributed by atoms with Crippen LogP contribution < -0.4 is 0 Å². The van der Waals surface area contributed by atoms with Crippen LogP contribution in [0, 0.1) is 6.92 Å². The summed E-state index contributed by atoms with van der Waals surface area (Å²) < 4.78 is 9.44. The number of aromatic nitrogens is 2. The van der Waals surface area contributed by atoms with Crippen LogP contribution in [0.5, 0.6) is 0 Å². The minimum atomic E-state index is -0.575. The van der Waals surface area contributed by atoms with Crippen molar-refractivity contribution in [2.24, 2.45) is 0 Å². The van der Waals surface area contributed by atoms with E-state index in [-0.39, 0.29) is 12.2 Å². The molecule has 1 N–H and O–H groups in total. The second-order valence-corrected chi connectivity index (χ2v) is 3.19. The van der Waals surface area contributed by atoms with Crippen molar-refractivity contribution in [3.63, 3.8) is 0 Å². The lowest BCUT2D eigenvalue weighted by Crippen LogP contribution is -2.09. The number of esters is 1. The predicted octanol–water partition coefficient (Wildman–Crippen LogP) is 0.438. The van der Waals surface area contributed by atoms with Gasteiger partial charge in [-0.2, -0.15) is 0 Å². The molecule has 17 heavy (non-hydrogen) atoms. The Kier molecular flexibility index (Phi) is 4.59. The van der Waals surface area contributed by atoms with Gasteiger partial charge in [-0.15, -0.1) is 0 Å². The number of carbonyl (C=O) groups excluding carboxylic acids is 1. The number of aliphatic hydroxyl groups excluding tert-OH is 1. The Balaban J connectivity index is 3.28. The number of ether oxygens (including phenoxy) is 2. The molecule has 0 aromatic carbocycles. The molecule has 0 saturated carbocycles. The van der Waals surface area contributed by atoms with E-state index in [4.69, 9.17) is 4.74 Å². The zero-order chi connectivity index (χ0) is 12.8. The summed E-state index contributed by atoms with van der Waals surface area (Å²) in [6, 6.07) is 0. The summed E-state index contributed by atoms with van der Waals surface area (Å²) in [6.45, 7) is 1.40. The third kappa shape index (κ3) is 3.01. The van der Waals surface area contributed by atoms with E-state index in [1.165, 1.54) is 26.7 Å². The first kappa shape index (κ1) is 13.1. The zero-order valence-corrected chi connectivity index (χ0v) is 9.93. The Bertz CT molecular complexity index is 443. The number of hydrogen-bond acceptors (Lipinski definition) is 6. The summed E-state index contributed by atoms with van der Waals surface area (Å²) in [6.07, 6.45) is 2.69. The average molecular weight is 238 g/mol. The van der Waals surface area contributed by atoms with Crippen LogP contribution in [-0.2, 0) is 20.9 Å². The van der Waals surface area contributed by atoms with E-state index in [2.05, 4.69) is 14.7 Å². The molecule has 0 atom stereocenters. The van der Waals surface area contributed by atoms with Gasteiger partial charge in [0.05, 0.1) is 32.8 Å². The highest BCUT2D eigenvalue weighted by Crippen LogP contribution is 2.19. The second-order valence-electron chi connectivity index (χ2n) is 3.19. The Morgan fingerprint density at radius 1 is 1.53 bits per heavy atom. The minimum Gasteiger partial charge on any atom is -0.503 e. The molecule has 0 radical (unpaired) electrons. The molecule has 1 aromatic rings. The lowest BCUT2D eigenvalue weighted by Gasteiger charge is -2.09. The summed E-state index contributed by atoms with van der Waals surface area (Å²) in [4.78, 5) is 19.6. The van der Waals surface area contributed by atoms with Gasteiger partial charge in [0.25, 0.3) is 0 Å². The first-order valence-corrected chi connectivity index (χ1v) is 4.89. The highest BCUT2D eigenvalue weighted by atomic mass is 16.5. The lowest BCUT2D eigenvalue weighted by molar-refractivity contribution is -0.133. The topological polar surface area (TPSA) is 81.5 Å². The maximum atomic E-state index is 11.5. The van der Waals surface area contributed by atoms with Crippen molar-refractivity contribution in [3.8, 4) is 0 Å². The molecule has 6 heteroatoms. The first-order chi connectivity index (χ1) is 8.13. The molecule has 0 fully saturated rings. The third-order valence-corrected chi connectivity index (χ3v) is 2.07. The Morgan fingerprint density at radius 3 is 2.76 bits per heavy atom. The molecule has 0 aliphatic heterocycles. The highest BCUT2D eigenvalue weighted by Gasteiger charge is 2.18. The van der Waals surface area contributed by atoms with Gasteiger partial charge in [0.2, 0.25) is 0 Å². The number of methoxy groups -OCH3 is 2. The molecule has 6 nitrogen and oxygen atoms in total. The van der Waals surface area contributed by atoms with E-state index in [0.29, 0.717) is 17.1 Å². The van der Waals surface area contributed by atoms with E-state index < -0.39 is 5.97 Å². The number of nitrogens with zero attached hydrogens (tertiary/aromatic N) is 2. The molecule has 0 amide bonds. The molecular weight excluding hydrogens is 224 g/mol. The van der Waals surface area contributed by atoms with Crippen LogP contribution in [0.25, 0.3) is 5.57 Å². The van der Waals surface area contributed by atoms with Crippen LogP contribution in [0.4, 0.5) is 0 Å². The van der Waals surface area contributed by atoms with Gasteiger partial charge in [0.15, 0.2) is 0 Å². The second kappa shape index (κ2) is 5.95. The molecule has 92 valence electrons. The van der Waals surface area contributed by atoms with Crippen LogP contribution in [0.15, 0.2) is 12.5 Å². The van der Waals surface area contributed by atoms with Crippen molar-refractivity contribution in [1.29, 1.82) is 0 Å². The van der Waals surface area contributed by atoms with Crippen molar-refractivity contribution in [2.75, 3.05) is 14.2 Å². The number of aryl methyl sites for hydroxylation is 1. The standard InChI is InChI=1S/C11H14N2O4/c1-7-12-4-8(10(5-14)13-7)9(6-16-2)11(15)17-3/h4,6,14H,5H2,1-3H3/b9-6-. The maximum absolute atomic E-state index is 11.5. The molecule has 0 saturated heterocycles. The smallest absolute Gasteiger partial charge is 0.341 e. The fraction of sp³-hybridized carbons (Fsp3) is 0.364. The zero-order valence-electron chi connectivity index (χ0n) is 9.93. The van der Waals surface area contributed by atoms with Gasteiger partial charge >= 0.3 is 5.97 Å². The molecule has 1 rings (SSSR count). The highest BCUT2D eigenvalue weighted by molar-refractivity contribution is 6.16. The molecule has 0 spiro atoms. The third-order valence-electron chi connectivity index (χ3n) is 2.07. The van der Waals surface area contributed by atoms with E-state index in [9.17, 15) is 9.90 Å². The van der Waals surface area contributed by atoms with Gasteiger partial charge in [-0.1, -0.05) is 0 Å². The van der Waals surface area contributed by atoms with E-state index in [1.807, 2.05) is 0 Å². The molecule has 1 aromatic heterocycles. The summed E-state index contributed by atoms with van der Waals surface area (Å²) in [5.41, 5.74) is 0.914. The average Bonchev–Trinajstić information content (AvgIpc) is 2.35. The molecule has 0 aliphatic carbocycles. The van der Waals surface area contributed by atoms with Crippen molar-refractivity contribution in [2.45, 2.75) is 13.5 Å². The van der Waals surface area contributed by atoms with Crippen molar-refractivity contribution < 1.29 is 19.4 Å². The normalized spacial score (nSPS) is 11.2. The number of carbonyl (C=O) groups is 1. The summed E-state index contributed by atoms with van der Waals surface area (Å²) in [5, 5.41) is 9.20. The van der Waals surface area contributed by atoms with Gasteiger partial charge in [-0.25, -0.2) is 14.8 Å². The van der Waals surface area contributed by atoms with Crippen molar-refractivity contribution >= 4 is 11.5 Å². The van der Waals surface area contributed by atoms with E-state index in [1.54, 1.807) is 6.92 Å². The summed E-state index contributed by atoms with van der Waals surface area (Å²) >= 11 is 0. The van der Waals surface area contributed by atoms with Crippen LogP contribution in [0.2, 0.25) is 0 Å². The molecule has 0 unspecified atom stereocenters. The van der Waals surface area contributed by atoms with Gasteiger partial charge in [-0.3, -0.25) is 0 Å². The summed E-state index contributed by atoms with van der Waals surface area (Å²) in [7, 11) is 2.68. The van der Waals surface area contributed by atoms with Crippen LogP contribution in [-0.4, -0.2) is 35.3 Å². The van der Waals surface area contributed by atoms with Crippen LogP contribution in [0.1, 0.15) is 17.1 Å². The fourth-order valence-corrected chi connectivity index (χ4v) is 1.31. The van der Waals surface area contributed by atoms with Gasteiger partial charge in [-0.05, 0) is 6.92 Å². The Morgan fingerprint density at radius 2 is 2.24 bits per heavy atom. The first-order valence-electron chi connectivity index (χ1n) is 4.89. The predicted molar refractivity (Wildman–Crippen MR) is 59.7 cm³/mol. The Labute approximate surface area is 98.9 Å². The van der Waals surface area contributed by atoms with Crippen molar-refractivity contribution in [1.82, 2.24) is 9.97 Å².